The fourth-order valence-corrected chi connectivity index (χ4v) is 3.37. The van der Waals surface area contributed by atoms with Crippen molar-refractivity contribution in [3.05, 3.63) is 52.6 Å². The molecule has 24 heavy (non-hydrogen) atoms. The molecule has 0 radical (unpaired) electrons. The third kappa shape index (κ3) is 3.27. The Morgan fingerprint density at radius 2 is 2.00 bits per heavy atom. The summed E-state index contributed by atoms with van der Waals surface area (Å²) in [6, 6.07) is 11.5. The Hall–Kier alpha value is -2.38. The van der Waals surface area contributed by atoms with Gasteiger partial charge in [0.25, 0.3) is 5.91 Å². The molecule has 0 bridgehead atoms. The average molecular weight is 359 g/mol. The molecule has 0 saturated carbocycles. The summed E-state index contributed by atoms with van der Waals surface area (Å²) in [5, 5.41) is 8.90. The summed E-state index contributed by atoms with van der Waals surface area (Å²) in [5.74, 6) is -0.262. The number of rotatable bonds is 2. The predicted molar refractivity (Wildman–Crippen MR) is 96.4 cm³/mol. The van der Waals surface area contributed by atoms with Crippen molar-refractivity contribution in [3.8, 4) is 11.3 Å². The molecule has 5 nitrogen and oxygen atoms in total. The van der Waals surface area contributed by atoms with E-state index in [4.69, 9.17) is 21.7 Å². The third-order valence-electron chi connectivity index (χ3n) is 3.47. The first-order valence-electron chi connectivity index (χ1n) is 7.06. The SMILES string of the molecule is Cc1ccc(-c2ccc(C=C3SCN(C(=S)C(=O)O)C3=O)o2)cc1. The van der Waals surface area contributed by atoms with Crippen LogP contribution in [0.5, 0.6) is 0 Å². The molecular weight excluding hydrogens is 346 g/mol. The number of carboxylic acid groups (broad SMARTS) is 1. The van der Waals surface area contributed by atoms with Crippen LogP contribution in [0.25, 0.3) is 17.4 Å². The lowest BCUT2D eigenvalue weighted by Crippen LogP contribution is -2.35. The molecule has 0 atom stereocenters. The second-order valence-corrected chi connectivity index (χ2v) is 6.57. The van der Waals surface area contributed by atoms with Crippen molar-refractivity contribution in [2.24, 2.45) is 0 Å². The number of aliphatic carboxylic acids is 1. The molecule has 2 heterocycles. The minimum absolute atomic E-state index is 0.196. The lowest BCUT2D eigenvalue weighted by molar-refractivity contribution is -0.131. The quantitative estimate of drug-likeness (QED) is 0.653. The number of thiocarbonyl (C=S) groups is 1. The molecule has 3 rings (SSSR count). The Morgan fingerprint density at radius 3 is 2.67 bits per heavy atom. The van der Waals surface area contributed by atoms with Gasteiger partial charge in [0.1, 0.15) is 11.5 Å². The van der Waals surface area contributed by atoms with Crippen LogP contribution in [0.1, 0.15) is 11.3 Å². The van der Waals surface area contributed by atoms with Crippen LogP contribution in [-0.2, 0) is 9.59 Å². The van der Waals surface area contributed by atoms with E-state index >= 15 is 0 Å². The number of amides is 1. The number of hydrogen-bond acceptors (Lipinski definition) is 5. The number of carbonyl (C=O) groups is 2. The van der Waals surface area contributed by atoms with E-state index in [-0.39, 0.29) is 5.88 Å². The smallest absolute Gasteiger partial charge is 0.364 e. The van der Waals surface area contributed by atoms with Gasteiger partial charge in [0, 0.05) is 5.56 Å². The maximum Gasteiger partial charge on any atom is 0.364 e. The van der Waals surface area contributed by atoms with E-state index < -0.39 is 16.9 Å². The van der Waals surface area contributed by atoms with Crippen LogP contribution in [0, 0.1) is 6.92 Å². The highest BCUT2D eigenvalue weighted by molar-refractivity contribution is 8.04. The van der Waals surface area contributed by atoms with Crippen molar-refractivity contribution in [3.63, 3.8) is 0 Å². The zero-order valence-electron chi connectivity index (χ0n) is 12.7. The number of carboxylic acids is 1. The maximum absolute atomic E-state index is 12.2. The minimum atomic E-state index is -1.28. The van der Waals surface area contributed by atoms with Crippen LogP contribution in [0.4, 0.5) is 0 Å². The molecule has 2 aromatic rings. The largest absolute Gasteiger partial charge is 0.476 e. The van der Waals surface area contributed by atoms with Gasteiger partial charge in [0.2, 0.25) is 0 Å². The van der Waals surface area contributed by atoms with E-state index in [0.29, 0.717) is 16.4 Å². The van der Waals surface area contributed by atoms with Crippen LogP contribution < -0.4 is 0 Å². The van der Waals surface area contributed by atoms with Gasteiger partial charge in [-0.05, 0) is 25.1 Å². The Kier molecular flexibility index (Phi) is 4.55. The molecule has 1 aromatic carbocycles. The average Bonchev–Trinajstić information content (AvgIpc) is 3.16. The van der Waals surface area contributed by atoms with Gasteiger partial charge in [-0.1, -0.05) is 53.8 Å². The summed E-state index contributed by atoms with van der Waals surface area (Å²) in [6.45, 7) is 2.01. The number of furan rings is 1. The van der Waals surface area contributed by atoms with Gasteiger partial charge in [-0.3, -0.25) is 9.69 Å². The predicted octanol–water partition coefficient (Wildman–Crippen LogP) is 3.54. The van der Waals surface area contributed by atoms with Crippen LogP contribution in [0.2, 0.25) is 0 Å². The second kappa shape index (κ2) is 6.62. The van der Waals surface area contributed by atoms with Gasteiger partial charge in [-0.15, -0.1) is 0 Å². The number of carbonyl (C=O) groups excluding carboxylic acids is 1. The van der Waals surface area contributed by atoms with E-state index in [1.165, 1.54) is 11.8 Å². The molecule has 1 aliphatic rings. The topological polar surface area (TPSA) is 70.8 Å². The monoisotopic (exact) mass is 359 g/mol. The summed E-state index contributed by atoms with van der Waals surface area (Å²) in [5.41, 5.74) is 2.11. The Balaban J connectivity index is 1.80. The first-order chi connectivity index (χ1) is 11.5. The van der Waals surface area contributed by atoms with Gasteiger partial charge in [-0.2, -0.15) is 0 Å². The highest BCUT2D eigenvalue weighted by atomic mass is 32.2. The maximum atomic E-state index is 12.2. The summed E-state index contributed by atoms with van der Waals surface area (Å²) in [7, 11) is 0. The third-order valence-corrected chi connectivity index (χ3v) is 4.86. The van der Waals surface area contributed by atoms with Crippen LogP contribution in [0.3, 0.4) is 0 Å². The minimum Gasteiger partial charge on any atom is -0.476 e. The highest BCUT2D eigenvalue weighted by Crippen LogP contribution is 2.31. The van der Waals surface area contributed by atoms with Gasteiger partial charge in [0.05, 0.1) is 10.8 Å². The molecule has 0 spiro atoms. The van der Waals surface area contributed by atoms with Gasteiger partial charge < -0.3 is 9.52 Å². The molecule has 1 aliphatic heterocycles. The normalized spacial score (nSPS) is 16.0. The molecule has 1 amide bonds. The summed E-state index contributed by atoms with van der Waals surface area (Å²) in [4.78, 5) is 24.2. The Bertz CT molecular complexity index is 852. The molecule has 122 valence electrons. The van der Waals surface area contributed by atoms with Crippen molar-refractivity contribution >= 4 is 46.9 Å². The van der Waals surface area contributed by atoms with Gasteiger partial charge in [0.15, 0.2) is 4.99 Å². The number of benzene rings is 1. The van der Waals surface area contributed by atoms with Crippen LogP contribution >= 0.6 is 24.0 Å². The number of thioether (sulfide) groups is 1. The summed E-state index contributed by atoms with van der Waals surface area (Å²) < 4.78 is 5.75. The lowest BCUT2D eigenvalue weighted by Gasteiger charge is -2.10. The molecule has 1 N–H and O–H groups in total. The standard InChI is InChI=1S/C17H13NO4S2/c1-10-2-4-11(5-3-10)13-7-6-12(22-13)8-14-15(19)18(9-24-14)16(23)17(20)21/h2-8H,9H2,1H3,(H,20,21). The summed E-state index contributed by atoms with van der Waals surface area (Å²) >= 11 is 5.99. The molecule has 1 fully saturated rings. The van der Waals surface area contributed by atoms with Crippen molar-refractivity contribution in [2.45, 2.75) is 6.92 Å². The van der Waals surface area contributed by atoms with E-state index in [2.05, 4.69) is 0 Å². The first-order valence-corrected chi connectivity index (χ1v) is 8.45. The van der Waals surface area contributed by atoms with Crippen molar-refractivity contribution in [1.29, 1.82) is 0 Å². The van der Waals surface area contributed by atoms with E-state index in [1.807, 2.05) is 37.3 Å². The van der Waals surface area contributed by atoms with Gasteiger partial charge in [-0.25, -0.2) is 4.79 Å². The first kappa shape index (κ1) is 16.5. The Morgan fingerprint density at radius 1 is 1.29 bits per heavy atom. The second-order valence-electron chi connectivity index (χ2n) is 5.19. The number of nitrogens with zero attached hydrogens (tertiary/aromatic N) is 1. The molecule has 1 aromatic heterocycles. The number of hydrogen-bond donors (Lipinski definition) is 1. The molecule has 0 aliphatic carbocycles. The lowest BCUT2D eigenvalue weighted by atomic mass is 10.1. The molecule has 7 heteroatoms. The van der Waals surface area contributed by atoms with Crippen molar-refractivity contribution < 1.29 is 19.1 Å². The van der Waals surface area contributed by atoms with E-state index in [0.717, 1.165) is 16.0 Å². The number of aryl methyl sites for hydroxylation is 1. The zero-order valence-corrected chi connectivity index (χ0v) is 14.3. The molecule has 1 saturated heterocycles. The van der Waals surface area contributed by atoms with Crippen molar-refractivity contribution in [2.75, 3.05) is 5.88 Å². The van der Waals surface area contributed by atoms with Crippen LogP contribution in [-0.4, -0.2) is 32.7 Å². The fourth-order valence-electron chi connectivity index (χ4n) is 2.19. The van der Waals surface area contributed by atoms with E-state index in [9.17, 15) is 9.59 Å². The molecular formula is C17H13NO4S2. The molecule has 0 unspecified atom stereocenters. The highest BCUT2D eigenvalue weighted by Gasteiger charge is 2.32. The zero-order chi connectivity index (χ0) is 17.3. The Labute approximate surface area is 148 Å². The van der Waals surface area contributed by atoms with E-state index in [1.54, 1.807) is 12.1 Å². The van der Waals surface area contributed by atoms with Crippen LogP contribution in [0.15, 0.2) is 45.7 Å². The summed E-state index contributed by atoms with van der Waals surface area (Å²) in [6.07, 6.45) is 1.61. The van der Waals surface area contributed by atoms with Crippen molar-refractivity contribution in [1.82, 2.24) is 4.90 Å². The van der Waals surface area contributed by atoms with Gasteiger partial charge >= 0.3 is 5.97 Å². The fraction of sp³-hybridized carbons (Fsp3) is 0.118.